The molecule has 0 aliphatic carbocycles. The first-order valence-corrected chi connectivity index (χ1v) is 6.21. The molecule has 2 rings (SSSR count). The Morgan fingerprint density at radius 2 is 2.24 bits per heavy atom. The summed E-state index contributed by atoms with van der Waals surface area (Å²) in [6, 6.07) is 5.11. The third kappa shape index (κ3) is 3.12. The Balaban J connectivity index is 2.03. The summed E-state index contributed by atoms with van der Waals surface area (Å²) in [6.45, 7) is 1.04. The van der Waals surface area contributed by atoms with Crippen molar-refractivity contribution in [2.75, 3.05) is 13.1 Å². The first-order valence-electron chi connectivity index (χ1n) is 5.46. The van der Waals surface area contributed by atoms with Gasteiger partial charge in [-0.1, -0.05) is 29.3 Å². The van der Waals surface area contributed by atoms with Crippen molar-refractivity contribution in [3.8, 4) is 0 Å². The number of rotatable bonds is 2. The third-order valence-corrected chi connectivity index (χ3v) is 3.46. The normalized spacial score (nSPS) is 19.7. The highest BCUT2D eigenvalue weighted by Crippen LogP contribution is 2.22. The van der Waals surface area contributed by atoms with Gasteiger partial charge in [0.25, 0.3) is 0 Å². The predicted molar refractivity (Wildman–Crippen MR) is 67.4 cm³/mol. The fourth-order valence-electron chi connectivity index (χ4n) is 1.91. The summed E-state index contributed by atoms with van der Waals surface area (Å²) in [5.74, 6) is -0.00854. The van der Waals surface area contributed by atoms with Crippen LogP contribution in [-0.4, -0.2) is 35.1 Å². The van der Waals surface area contributed by atoms with Crippen molar-refractivity contribution < 1.29 is 9.90 Å². The average Bonchev–Trinajstić information content (AvgIpc) is 2.69. The zero-order valence-electron chi connectivity index (χ0n) is 9.20. The van der Waals surface area contributed by atoms with E-state index in [0.29, 0.717) is 29.6 Å². The van der Waals surface area contributed by atoms with Gasteiger partial charge in [0.15, 0.2) is 0 Å². The number of carbonyl (C=O) groups excluding carboxylic acids is 1. The molecule has 1 amide bonds. The highest BCUT2D eigenvalue weighted by Gasteiger charge is 2.24. The monoisotopic (exact) mass is 273 g/mol. The van der Waals surface area contributed by atoms with E-state index in [9.17, 15) is 9.90 Å². The number of β-amino-alcohol motifs (C(OH)–C–C–N with tert-alkyl or cyclic N) is 1. The first-order chi connectivity index (χ1) is 8.06. The smallest absolute Gasteiger partial charge is 0.227 e. The van der Waals surface area contributed by atoms with E-state index in [1.807, 2.05) is 0 Å². The topological polar surface area (TPSA) is 40.5 Å². The quantitative estimate of drug-likeness (QED) is 0.897. The third-order valence-electron chi connectivity index (χ3n) is 2.87. The van der Waals surface area contributed by atoms with Gasteiger partial charge in [-0.25, -0.2) is 0 Å². The van der Waals surface area contributed by atoms with E-state index in [4.69, 9.17) is 23.2 Å². The molecule has 1 aromatic carbocycles. The maximum atomic E-state index is 11.9. The average molecular weight is 274 g/mol. The van der Waals surface area contributed by atoms with E-state index >= 15 is 0 Å². The van der Waals surface area contributed by atoms with Crippen LogP contribution in [0.5, 0.6) is 0 Å². The largest absolute Gasteiger partial charge is 0.391 e. The molecule has 0 saturated carbocycles. The number of likely N-dealkylation sites (tertiary alicyclic amines) is 1. The van der Waals surface area contributed by atoms with Crippen LogP contribution in [0.25, 0.3) is 0 Å². The second-order valence-electron chi connectivity index (χ2n) is 4.19. The molecule has 0 spiro atoms. The molecule has 5 heteroatoms. The molecule has 0 aromatic heterocycles. The molecular weight excluding hydrogens is 261 g/mol. The van der Waals surface area contributed by atoms with Crippen LogP contribution in [0.2, 0.25) is 10.0 Å². The number of carbonyl (C=O) groups is 1. The van der Waals surface area contributed by atoms with Gasteiger partial charge in [0.1, 0.15) is 0 Å². The summed E-state index contributed by atoms with van der Waals surface area (Å²) in [5, 5.41) is 10.4. The Bertz CT molecular complexity index is 437. The van der Waals surface area contributed by atoms with Crippen LogP contribution in [0, 0.1) is 0 Å². The number of aliphatic hydroxyl groups excluding tert-OH is 1. The number of hydrogen-bond acceptors (Lipinski definition) is 2. The second-order valence-corrected chi connectivity index (χ2v) is 5.04. The van der Waals surface area contributed by atoms with E-state index in [0.717, 1.165) is 5.56 Å². The van der Waals surface area contributed by atoms with E-state index < -0.39 is 0 Å². The van der Waals surface area contributed by atoms with Crippen LogP contribution in [0.15, 0.2) is 18.2 Å². The van der Waals surface area contributed by atoms with E-state index in [1.165, 1.54) is 0 Å². The summed E-state index contributed by atoms with van der Waals surface area (Å²) >= 11 is 11.8. The minimum atomic E-state index is -0.389. The number of hydrogen-bond donors (Lipinski definition) is 1. The molecule has 1 aliphatic rings. The molecule has 17 heavy (non-hydrogen) atoms. The second kappa shape index (κ2) is 5.25. The molecule has 1 aliphatic heterocycles. The maximum Gasteiger partial charge on any atom is 0.227 e. The molecular formula is C12H13Cl2NO2. The van der Waals surface area contributed by atoms with Crippen LogP contribution >= 0.6 is 23.2 Å². The van der Waals surface area contributed by atoms with Crippen molar-refractivity contribution in [3.05, 3.63) is 33.8 Å². The molecule has 1 heterocycles. The van der Waals surface area contributed by atoms with Gasteiger partial charge in [-0.15, -0.1) is 0 Å². The van der Waals surface area contributed by atoms with E-state index in [1.54, 1.807) is 23.1 Å². The predicted octanol–water partition coefficient (Wildman–Crippen LogP) is 2.13. The molecule has 1 atom stereocenters. The van der Waals surface area contributed by atoms with Crippen molar-refractivity contribution in [2.45, 2.75) is 18.9 Å². The number of benzene rings is 1. The summed E-state index contributed by atoms with van der Waals surface area (Å²) in [7, 11) is 0. The zero-order valence-corrected chi connectivity index (χ0v) is 10.7. The van der Waals surface area contributed by atoms with Crippen molar-refractivity contribution >= 4 is 29.1 Å². The van der Waals surface area contributed by atoms with Crippen LogP contribution < -0.4 is 0 Å². The Hall–Kier alpha value is -0.770. The summed E-state index contributed by atoms with van der Waals surface area (Å²) in [4.78, 5) is 13.6. The lowest BCUT2D eigenvalue weighted by molar-refractivity contribution is -0.129. The SMILES string of the molecule is O=C(Cc1ccc(Cl)cc1Cl)N1CCC(O)C1. The number of nitrogens with zero attached hydrogens (tertiary/aromatic N) is 1. The van der Waals surface area contributed by atoms with Gasteiger partial charge in [-0.3, -0.25) is 4.79 Å². The van der Waals surface area contributed by atoms with E-state index in [2.05, 4.69) is 0 Å². The van der Waals surface area contributed by atoms with Gasteiger partial charge in [0.2, 0.25) is 5.91 Å². The zero-order chi connectivity index (χ0) is 12.4. The standard InChI is InChI=1S/C12H13Cl2NO2/c13-9-2-1-8(11(14)6-9)5-12(17)15-4-3-10(16)7-15/h1-2,6,10,16H,3-5,7H2. The summed E-state index contributed by atoms with van der Waals surface area (Å²) in [5.41, 5.74) is 0.766. The fourth-order valence-corrected chi connectivity index (χ4v) is 2.38. The van der Waals surface area contributed by atoms with Gasteiger partial charge in [-0.05, 0) is 24.1 Å². The number of amides is 1. The van der Waals surface area contributed by atoms with Crippen LogP contribution in [0.3, 0.4) is 0 Å². The van der Waals surface area contributed by atoms with Crippen LogP contribution in [0.4, 0.5) is 0 Å². The molecule has 3 nitrogen and oxygen atoms in total. The lowest BCUT2D eigenvalue weighted by Gasteiger charge is -2.15. The van der Waals surface area contributed by atoms with Gasteiger partial charge in [0.05, 0.1) is 12.5 Å². The van der Waals surface area contributed by atoms with Crippen molar-refractivity contribution in [1.82, 2.24) is 4.90 Å². The molecule has 0 bridgehead atoms. The summed E-state index contributed by atoms with van der Waals surface area (Å²) in [6.07, 6.45) is 0.516. The molecule has 92 valence electrons. The van der Waals surface area contributed by atoms with Crippen molar-refractivity contribution in [1.29, 1.82) is 0 Å². The number of aliphatic hydroxyl groups is 1. The van der Waals surface area contributed by atoms with Gasteiger partial charge >= 0.3 is 0 Å². The van der Waals surface area contributed by atoms with Gasteiger partial charge < -0.3 is 10.0 Å². The Kier molecular flexibility index (Phi) is 3.92. The molecule has 1 saturated heterocycles. The Morgan fingerprint density at radius 1 is 1.47 bits per heavy atom. The maximum absolute atomic E-state index is 11.9. The van der Waals surface area contributed by atoms with Gasteiger partial charge in [0, 0.05) is 23.1 Å². The van der Waals surface area contributed by atoms with Crippen molar-refractivity contribution in [2.24, 2.45) is 0 Å². The molecule has 1 fully saturated rings. The highest BCUT2D eigenvalue weighted by molar-refractivity contribution is 6.35. The van der Waals surface area contributed by atoms with Crippen LogP contribution in [0.1, 0.15) is 12.0 Å². The Labute approximate surface area is 110 Å². The van der Waals surface area contributed by atoms with Crippen LogP contribution in [-0.2, 0) is 11.2 Å². The fraction of sp³-hybridized carbons (Fsp3) is 0.417. The Morgan fingerprint density at radius 3 is 2.82 bits per heavy atom. The molecule has 1 unspecified atom stereocenters. The minimum absolute atomic E-state index is 0.00854. The highest BCUT2D eigenvalue weighted by atomic mass is 35.5. The van der Waals surface area contributed by atoms with E-state index in [-0.39, 0.29) is 18.4 Å². The summed E-state index contributed by atoms with van der Waals surface area (Å²) < 4.78 is 0. The molecule has 1 aromatic rings. The van der Waals surface area contributed by atoms with Crippen molar-refractivity contribution in [3.63, 3.8) is 0 Å². The molecule has 1 N–H and O–H groups in total. The lowest BCUT2D eigenvalue weighted by atomic mass is 10.1. The molecule has 0 radical (unpaired) electrons. The number of halogens is 2. The first kappa shape index (κ1) is 12.7. The lowest BCUT2D eigenvalue weighted by Crippen LogP contribution is -2.30. The van der Waals surface area contributed by atoms with Gasteiger partial charge in [-0.2, -0.15) is 0 Å². The minimum Gasteiger partial charge on any atom is -0.391 e.